The molecule has 2 aromatic carbocycles. The Hall–Kier alpha value is -3.10. The molecule has 8 nitrogen and oxygen atoms in total. The van der Waals surface area contributed by atoms with Crippen molar-refractivity contribution in [2.24, 2.45) is 11.5 Å². The zero-order chi connectivity index (χ0) is 21.4. The number of hydrazine groups is 1. The van der Waals surface area contributed by atoms with Gasteiger partial charge < -0.3 is 21.7 Å². The van der Waals surface area contributed by atoms with Gasteiger partial charge in [-0.3, -0.25) is 5.43 Å². The summed E-state index contributed by atoms with van der Waals surface area (Å²) in [5.74, 6) is 0. The monoisotopic (exact) mass is 390 g/mol. The van der Waals surface area contributed by atoms with Crippen molar-refractivity contribution in [3.05, 3.63) is 71.8 Å². The minimum absolute atomic E-state index is 0.0773. The maximum absolute atomic E-state index is 10.2. The predicted octanol–water partition coefficient (Wildman–Crippen LogP) is 2.59. The van der Waals surface area contributed by atoms with Crippen LogP contribution in [0.25, 0.3) is 0 Å². The molecule has 0 saturated carbocycles. The molecule has 0 fully saturated rings. The van der Waals surface area contributed by atoms with Crippen LogP contribution >= 0.6 is 0 Å². The summed E-state index contributed by atoms with van der Waals surface area (Å²) < 4.78 is 0. The first-order valence-electron chi connectivity index (χ1n) is 8.77. The summed E-state index contributed by atoms with van der Waals surface area (Å²) in [6.07, 6.45) is -0.632. The molecule has 28 heavy (non-hydrogen) atoms. The first-order valence-corrected chi connectivity index (χ1v) is 8.77. The molecule has 8 N–H and O–H groups in total. The summed E-state index contributed by atoms with van der Waals surface area (Å²) in [6.45, 7) is 3.94. The lowest BCUT2D eigenvalue weighted by Gasteiger charge is -2.12. The first-order chi connectivity index (χ1) is 13.2. The summed E-state index contributed by atoms with van der Waals surface area (Å²) in [5.41, 5.74) is 17.0. The summed E-state index contributed by atoms with van der Waals surface area (Å²) in [6, 6.07) is 20.6. The lowest BCUT2D eigenvalue weighted by Crippen LogP contribution is -2.43. The van der Waals surface area contributed by atoms with Crippen molar-refractivity contribution in [1.82, 2.24) is 10.9 Å². The highest BCUT2D eigenvalue weighted by molar-refractivity contribution is 5.63. The highest BCUT2D eigenvalue weighted by Gasteiger charge is 2.03. The van der Waals surface area contributed by atoms with Crippen LogP contribution in [0.3, 0.4) is 0 Å². The third-order valence-electron chi connectivity index (χ3n) is 3.21. The smallest absolute Gasteiger partial charge is 0.419 e. The molecular weight excluding hydrogens is 360 g/mol. The molecule has 0 aliphatic rings. The molecule has 2 atom stereocenters. The molecule has 154 valence electrons. The quantitative estimate of drug-likeness (QED) is 0.417. The molecule has 8 heteroatoms. The van der Waals surface area contributed by atoms with Crippen molar-refractivity contribution in [3.8, 4) is 0 Å². The Kier molecular flexibility index (Phi) is 13.3. The van der Waals surface area contributed by atoms with E-state index in [0.717, 1.165) is 12.8 Å². The Morgan fingerprint density at radius 3 is 1.64 bits per heavy atom. The van der Waals surface area contributed by atoms with Crippen molar-refractivity contribution in [3.63, 3.8) is 0 Å². The Morgan fingerprint density at radius 1 is 0.893 bits per heavy atom. The first kappa shape index (κ1) is 24.9. The summed E-state index contributed by atoms with van der Waals surface area (Å²) in [7, 11) is 0. The van der Waals surface area contributed by atoms with Gasteiger partial charge in [-0.15, -0.1) is 0 Å². The molecule has 0 aliphatic heterocycles. The molecule has 2 aromatic rings. The van der Waals surface area contributed by atoms with Gasteiger partial charge in [-0.1, -0.05) is 60.7 Å². The van der Waals surface area contributed by atoms with Crippen LogP contribution in [-0.2, 0) is 12.8 Å². The van der Waals surface area contributed by atoms with Crippen molar-refractivity contribution >= 4 is 12.2 Å². The van der Waals surface area contributed by atoms with E-state index in [-0.39, 0.29) is 12.1 Å². The fraction of sp³-hybridized carbons (Fsp3) is 0.300. The number of rotatable bonds is 6. The third kappa shape index (κ3) is 16.4. The van der Waals surface area contributed by atoms with Gasteiger partial charge in [-0.05, 0) is 37.8 Å². The van der Waals surface area contributed by atoms with Crippen molar-refractivity contribution in [2.45, 2.75) is 38.8 Å². The second-order valence-electron chi connectivity index (χ2n) is 6.17. The number of carbonyl (C=O) groups is 2. The van der Waals surface area contributed by atoms with Crippen molar-refractivity contribution in [1.29, 1.82) is 0 Å². The predicted molar refractivity (Wildman–Crippen MR) is 110 cm³/mol. The molecule has 0 bridgehead atoms. The molecule has 0 spiro atoms. The molecule has 0 aromatic heterocycles. The molecule has 2 unspecified atom stereocenters. The number of benzene rings is 2. The SMILES string of the molecule is CC(Cc1ccccc1)NNC(=O)O.CC(N)Cc1ccccc1.NC(=O)O. The number of hydrogen-bond donors (Lipinski definition) is 6. The number of carboxylic acid groups (broad SMARTS) is 2. The van der Waals surface area contributed by atoms with E-state index in [1.165, 1.54) is 11.1 Å². The molecular formula is C20H30N4O4. The van der Waals surface area contributed by atoms with Gasteiger partial charge in [0, 0.05) is 12.1 Å². The number of primary amides is 1. The molecule has 0 aliphatic carbocycles. The van der Waals surface area contributed by atoms with E-state index in [1.807, 2.05) is 62.4 Å². The van der Waals surface area contributed by atoms with Gasteiger partial charge in [0.2, 0.25) is 0 Å². The summed E-state index contributed by atoms with van der Waals surface area (Å²) in [5, 5.41) is 15.5. The Balaban J connectivity index is 0.000000454. The van der Waals surface area contributed by atoms with E-state index in [2.05, 4.69) is 28.7 Å². The van der Waals surface area contributed by atoms with Crippen LogP contribution in [0.1, 0.15) is 25.0 Å². The minimum atomic E-state index is -1.33. The van der Waals surface area contributed by atoms with Crippen LogP contribution < -0.4 is 22.3 Å². The Bertz CT molecular complexity index is 662. The molecule has 2 amide bonds. The second kappa shape index (κ2) is 15.0. The minimum Gasteiger partial charge on any atom is -0.465 e. The average molecular weight is 390 g/mol. The third-order valence-corrected chi connectivity index (χ3v) is 3.21. The van der Waals surface area contributed by atoms with Crippen LogP contribution in [0.4, 0.5) is 9.59 Å². The Morgan fingerprint density at radius 2 is 1.29 bits per heavy atom. The van der Waals surface area contributed by atoms with Gasteiger partial charge in [0.1, 0.15) is 0 Å². The van der Waals surface area contributed by atoms with Crippen LogP contribution in [0.15, 0.2) is 60.7 Å². The highest BCUT2D eigenvalue weighted by atomic mass is 16.4. The van der Waals surface area contributed by atoms with E-state index in [4.69, 9.17) is 20.7 Å². The van der Waals surface area contributed by atoms with Crippen LogP contribution in [0.5, 0.6) is 0 Å². The van der Waals surface area contributed by atoms with Gasteiger partial charge in [-0.25, -0.2) is 15.0 Å². The van der Waals surface area contributed by atoms with Gasteiger partial charge in [0.25, 0.3) is 0 Å². The highest BCUT2D eigenvalue weighted by Crippen LogP contribution is 2.02. The topological polar surface area (TPSA) is 151 Å². The van der Waals surface area contributed by atoms with Gasteiger partial charge >= 0.3 is 12.2 Å². The maximum Gasteiger partial charge on any atom is 0.419 e. The number of hydrogen-bond acceptors (Lipinski definition) is 4. The molecule has 0 heterocycles. The number of nitrogens with one attached hydrogen (secondary N) is 2. The normalized spacial score (nSPS) is 11.5. The van der Waals surface area contributed by atoms with Crippen molar-refractivity contribution in [2.75, 3.05) is 0 Å². The van der Waals surface area contributed by atoms with E-state index in [9.17, 15) is 4.79 Å². The molecule has 0 radical (unpaired) electrons. The van der Waals surface area contributed by atoms with Gasteiger partial charge in [0.15, 0.2) is 0 Å². The average Bonchev–Trinajstić information content (AvgIpc) is 2.61. The Labute approximate surface area is 165 Å². The largest absolute Gasteiger partial charge is 0.465 e. The van der Waals surface area contributed by atoms with E-state index in [0.29, 0.717) is 0 Å². The maximum atomic E-state index is 10.2. The number of amides is 2. The molecule has 0 saturated heterocycles. The zero-order valence-electron chi connectivity index (χ0n) is 16.2. The van der Waals surface area contributed by atoms with Gasteiger partial charge in [0.05, 0.1) is 0 Å². The lowest BCUT2D eigenvalue weighted by atomic mass is 10.1. The van der Waals surface area contributed by atoms with Crippen LogP contribution in [0.2, 0.25) is 0 Å². The zero-order valence-corrected chi connectivity index (χ0v) is 16.2. The number of nitrogens with two attached hydrogens (primary N) is 2. The van der Waals surface area contributed by atoms with Crippen molar-refractivity contribution < 1.29 is 19.8 Å². The van der Waals surface area contributed by atoms with Crippen LogP contribution in [-0.4, -0.2) is 34.5 Å². The second-order valence-corrected chi connectivity index (χ2v) is 6.17. The van der Waals surface area contributed by atoms with E-state index < -0.39 is 12.2 Å². The van der Waals surface area contributed by atoms with E-state index >= 15 is 0 Å². The fourth-order valence-electron chi connectivity index (χ4n) is 2.19. The summed E-state index contributed by atoms with van der Waals surface area (Å²) in [4.78, 5) is 19.0. The van der Waals surface area contributed by atoms with E-state index in [1.54, 1.807) is 0 Å². The standard InChI is InChI=1S/C10H14N2O2.C9H13N.CH3NO2/c1-8(11-12-10(13)14)7-9-5-3-2-4-6-9;1-8(10)7-9-5-3-2-4-6-9;2-1(3)4/h2-6,8,11-12H,7H2,1H3,(H,13,14);2-6,8H,7,10H2,1H3;2H2,(H,3,4). The van der Waals surface area contributed by atoms with Gasteiger partial charge in [-0.2, -0.15) is 0 Å². The fourth-order valence-corrected chi connectivity index (χ4v) is 2.19. The summed E-state index contributed by atoms with van der Waals surface area (Å²) >= 11 is 0. The van der Waals surface area contributed by atoms with Crippen LogP contribution in [0, 0.1) is 0 Å². The molecule has 2 rings (SSSR count). The lowest BCUT2D eigenvalue weighted by molar-refractivity contribution is 0.186.